The Balaban J connectivity index is 0.00000480. The van der Waals surface area contributed by atoms with Crippen LogP contribution in [0.5, 0.6) is 0 Å². The fraction of sp³-hybridized carbons (Fsp3) is 0.600. The summed E-state index contributed by atoms with van der Waals surface area (Å²) in [6.07, 6.45) is -2.66. The van der Waals surface area contributed by atoms with Crippen molar-refractivity contribution in [3.05, 3.63) is 35.4 Å². The number of ether oxygens (including phenoxy) is 1. The highest BCUT2D eigenvalue weighted by atomic mass is 127. The Bertz CT molecular complexity index is 710. The van der Waals surface area contributed by atoms with Crippen LogP contribution in [-0.4, -0.2) is 69.8 Å². The summed E-state index contributed by atoms with van der Waals surface area (Å²) < 4.78 is 43.5. The van der Waals surface area contributed by atoms with E-state index in [9.17, 15) is 18.0 Å². The second-order valence-corrected chi connectivity index (χ2v) is 7.16. The number of halogens is 4. The molecule has 0 aromatic heterocycles. The quantitative estimate of drug-likeness (QED) is 0.198. The minimum absolute atomic E-state index is 0. The van der Waals surface area contributed by atoms with E-state index >= 15 is 0 Å². The minimum atomic E-state index is -4.32. The Morgan fingerprint density at radius 3 is 2.58 bits per heavy atom. The number of piperidine rings is 1. The van der Waals surface area contributed by atoms with Gasteiger partial charge in [-0.15, -0.1) is 24.0 Å². The largest absolute Gasteiger partial charge is 0.416 e. The van der Waals surface area contributed by atoms with Crippen LogP contribution in [0, 0.1) is 0 Å². The number of likely N-dealkylation sites (tertiary alicyclic amines) is 1. The molecule has 0 saturated carbocycles. The molecule has 3 N–H and O–H groups in total. The number of alkyl halides is 3. The number of aliphatic imine (C=N–C) groups is 1. The molecule has 0 aliphatic carbocycles. The van der Waals surface area contributed by atoms with E-state index in [0.29, 0.717) is 31.2 Å². The van der Waals surface area contributed by atoms with Crippen molar-refractivity contribution in [2.24, 2.45) is 4.99 Å². The zero-order valence-electron chi connectivity index (χ0n) is 17.8. The maximum Gasteiger partial charge on any atom is 0.416 e. The molecule has 0 spiro atoms. The topological polar surface area (TPSA) is 78.0 Å². The molecule has 2 rings (SSSR count). The Hall–Kier alpha value is -1.60. The van der Waals surface area contributed by atoms with Crippen molar-refractivity contribution in [3.8, 4) is 0 Å². The van der Waals surface area contributed by atoms with Crippen molar-refractivity contribution in [1.29, 1.82) is 0 Å². The molecule has 1 heterocycles. The summed E-state index contributed by atoms with van der Waals surface area (Å²) in [4.78, 5) is 18.0. The number of carbonyl (C=O) groups excluding carboxylic acids is 1. The van der Waals surface area contributed by atoms with E-state index < -0.39 is 11.7 Å². The lowest BCUT2D eigenvalue weighted by atomic mass is 10.0. The predicted molar refractivity (Wildman–Crippen MR) is 125 cm³/mol. The molecular weight excluding hydrogens is 526 g/mol. The lowest BCUT2D eigenvalue weighted by Crippen LogP contribution is -2.50. The van der Waals surface area contributed by atoms with Gasteiger partial charge in [0.2, 0.25) is 5.91 Å². The minimum Gasteiger partial charge on any atom is -0.383 e. The summed E-state index contributed by atoms with van der Waals surface area (Å²) in [6.45, 7) is 3.04. The molecule has 31 heavy (non-hydrogen) atoms. The maximum atomic E-state index is 12.9. The number of nitrogens with one attached hydrogen (secondary N) is 3. The Kier molecular flexibility index (Phi) is 12.2. The summed E-state index contributed by atoms with van der Waals surface area (Å²) >= 11 is 0. The van der Waals surface area contributed by atoms with Crippen LogP contribution in [0.15, 0.2) is 29.3 Å². The van der Waals surface area contributed by atoms with Crippen LogP contribution in [0.2, 0.25) is 0 Å². The van der Waals surface area contributed by atoms with Crippen LogP contribution in [-0.2, 0) is 22.3 Å². The summed E-state index contributed by atoms with van der Waals surface area (Å²) in [5.41, 5.74) is 0.0471. The molecule has 1 aromatic carbocycles. The van der Waals surface area contributed by atoms with E-state index in [1.807, 2.05) is 0 Å². The first kappa shape index (κ1) is 27.4. The molecule has 1 amide bonds. The van der Waals surface area contributed by atoms with E-state index in [-0.39, 0.29) is 42.5 Å². The molecule has 0 radical (unpaired) electrons. The normalized spacial score (nSPS) is 15.8. The average molecular weight is 557 g/mol. The third kappa shape index (κ3) is 10.0. The highest BCUT2D eigenvalue weighted by molar-refractivity contribution is 14.0. The van der Waals surface area contributed by atoms with Crippen LogP contribution >= 0.6 is 24.0 Å². The number of nitrogens with zero attached hydrogens (tertiary/aromatic N) is 2. The lowest BCUT2D eigenvalue weighted by Gasteiger charge is -2.33. The molecule has 1 aromatic rings. The van der Waals surface area contributed by atoms with Gasteiger partial charge in [0, 0.05) is 46.4 Å². The molecule has 1 fully saturated rings. The fourth-order valence-corrected chi connectivity index (χ4v) is 3.25. The van der Waals surface area contributed by atoms with E-state index in [0.717, 1.165) is 32.0 Å². The maximum absolute atomic E-state index is 12.9. The lowest BCUT2D eigenvalue weighted by molar-refractivity contribution is -0.137. The molecule has 0 bridgehead atoms. The summed E-state index contributed by atoms with van der Waals surface area (Å²) in [7, 11) is 3.21. The number of rotatable bonds is 8. The summed E-state index contributed by atoms with van der Waals surface area (Å²) in [5, 5.41) is 9.00. The number of benzene rings is 1. The molecule has 176 valence electrons. The number of hydrogen-bond acceptors (Lipinski definition) is 4. The highest BCUT2D eigenvalue weighted by Gasteiger charge is 2.30. The fourth-order valence-electron chi connectivity index (χ4n) is 3.25. The molecule has 0 unspecified atom stereocenters. The molecule has 1 aliphatic rings. The average Bonchev–Trinajstić information content (AvgIpc) is 2.72. The summed E-state index contributed by atoms with van der Waals surface area (Å²) in [6, 6.07) is 5.67. The van der Waals surface area contributed by atoms with Gasteiger partial charge < -0.3 is 20.7 Å². The van der Waals surface area contributed by atoms with Crippen molar-refractivity contribution in [2.45, 2.75) is 31.6 Å². The third-order valence-corrected chi connectivity index (χ3v) is 4.86. The van der Waals surface area contributed by atoms with Gasteiger partial charge in [-0.2, -0.15) is 13.2 Å². The van der Waals surface area contributed by atoms with E-state index in [1.54, 1.807) is 20.2 Å². The predicted octanol–water partition coefficient (Wildman–Crippen LogP) is 2.22. The van der Waals surface area contributed by atoms with Crippen molar-refractivity contribution in [2.75, 3.05) is 46.9 Å². The second-order valence-electron chi connectivity index (χ2n) is 7.16. The molecule has 0 atom stereocenters. The second kappa shape index (κ2) is 13.7. The summed E-state index contributed by atoms with van der Waals surface area (Å²) in [5.74, 6) is 0.402. The molecule has 1 aliphatic heterocycles. The highest BCUT2D eigenvalue weighted by Crippen LogP contribution is 2.30. The van der Waals surface area contributed by atoms with E-state index in [1.165, 1.54) is 12.1 Å². The van der Waals surface area contributed by atoms with Gasteiger partial charge in [0.05, 0.1) is 18.7 Å². The zero-order valence-corrected chi connectivity index (χ0v) is 20.1. The number of carbonyl (C=O) groups is 1. The van der Waals surface area contributed by atoms with Crippen LogP contribution in [0.3, 0.4) is 0 Å². The zero-order chi connectivity index (χ0) is 22.0. The van der Waals surface area contributed by atoms with Crippen LogP contribution in [0.25, 0.3) is 0 Å². The Labute approximate surface area is 198 Å². The number of guanidine groups is 1. The van der Waals surface area contributed by atoms with Crippen LogP contribution in [0.1, 0.15) is 24.0 Å². The molecule has 7 nitrogen and oxygen atoms in total. The van der Waals surface area contributed by atoms with Gasteiger partial charge in [-0.25, -0.2) is 0 Å². The van der Waals surface area contributed by atoms with Crippen molar-refractivity contribution < 1.29 is 22.7 Å². The standard InChI is InChI=1S/C20H30F3N5O2.HI/c1-24-19(26-13-18(29)25-8-11-30-2)27-17-6-9-28(10-7-17)14-15-4-3-5-16(12-15)20(21,22)23;/h3-5,12,17H,6-11,13-14H2,1-2H3,(H,25,29)(H2,24,26,27);1H. The van der Waals surface area contributed by atoms with Gasteiger partial charge in [0.1, 0.15) is 0 Å². The van der Waals surface area contributed by atoms with Crippen molar-refractivity contribution in [1.82, 2.24) is 20.9 Å². The van der Waals surface area contributed by atoms with Gasteiger partial charge in [-0.1, -0.05) is 18.2 Å². The monoisotopic (exact) mass is 557 g/mol. The Morgan fingerprint density at radius 1 is 1.26 bits per heavy atom. The third-order valence-electron chi connectivity index (χ3n) is 4.86. The van der Waals surface area contributed by atoms with Crippen molar-refractivity contribution >= 4 is 35.8 Å². The van der Waals surface area contributed by atoms with E-state index in [4.69, 9.17) is 4.74 Å². The first-order valence-electron chi connectivity index (χ1n) is 9.93. The first-order valence-corrected chi connectivity index (χ1v) is 9.93. The molecule has 11 heteroatoms. The number of methoxy groups -OCH3 is 1. The number of hydrogen-bond donors (Lipinski definition) is 3. The smallest absolute Gasteiger partial charge is 0.383 e. The van der Waals surface area contributed by atoms with Gasteiger partial charge in [-0.3, -0.25) is 14.7 Å². The molecule has 1 saturated heterocycles. The SMILES string of the molecule is CN=C(NCC(=O)NCCOC)NC1CCN(Cc2cccc(C(F)(F)F)c2)CC1.I. The van der Waals surface area contributed by atoms with Gasteiger partial charge in [-0.05, 0) is 24.5 Å². The van der Waals surface area contributed by atoms with Gasteiger partial charge >= 0.3 is 6.18 Å². The van der Waals surface area contributed by atoms with Crippen molar-refractivity contribution in [3.63, 3.8) is 0 Å². The Morgan fingerprint density at radius 2 is 1.97 bits per heavy atom. The van der Waals surface area contributed by atoms with Gasteiger partial charge in [0.15, 0.2) is 5.96 Å². The van der Waals surface area contributed by atoms with Gasteiger partial charge in [0.25, 0.3) is 0 Å². The van der Waals surface area contributed by atoms with Crippen LogP contribution < -0.4 is 16.0 Å². The molecular formula is C20H31F3IN5O2. The first-order chi connectivity index (χ1) is 14.3. The number of amides is 1. The van der Waals surface area contributed by atoms with E-state index in [2.05, 4.69) is 25.8 Å². The van der Waals surface area contributed by atoms with Crippen LogP contribution in [0.4, 0.5) is 13.2 Å².